The first-order valence-corrected chi connectivity index (χ1v) is 13.2. The van der Waals surface area contributed by atoms with E-state index in [0.717, 1.165) is 38.5 Å². The van der Waals surface area contributed by atoms with Crippen molar-refractivity contribution in [2.75, 3.05) is 32.2 Å². The molecule has 2 saturated carbocycles. The standard InChI is InChI=1S/C30H39NO3/c1-5-34-18-28(33)27-15-14-26-24-12-8-20-16-22(32)11-13-23(20)29(24)25(17-30(26,27)2)19-6-9-21(10-7-19)31(3)4/h6-7,9-10,16,24-27H,5,8,11-15,17-18H2,1-4H3. The molecule has 2 fully saturated rings. The Balaban J connectivity index is 1.59. The van der Waals surface area contributed by atoms with Crippen molar-refractivity contribution in [3.05, 3.63) is 52.6 Å². The highest BCUT2D eigenvalue weighted by atomic mass is 16.5. The molecule has 1 aromatic carbocycles. The van der Waals surface area contributed by atoms with Gasteiger partial charge in [-0.2, -0.15) is 0 Å². The highest BCUT2D eigenvalue weighted by molar-refractivity contribution is 5.93. The number of Topliss-reactive ketones (excluding diaryl/α,β-unsaturated/α-hetero) is 1. The van der Waals surface area contributed by atoms with Gasteiger partial charge in [0.2, 0.25) is 0 Å². The van der Waals surface area contributed by atoms with Crippen LogP contribution in [0.5, 0.6) is 0 Å². The number of rotatable bonds is 6. The van der Waals surface area contributed by atoms with Gasteiger partial charge < -0.3 is 9.64 Å². The van der Waals surface area contributed by atoms with E-state index in [1.165, 1.54) is 22.4 Å². The molecule has 0 aromatic heterocycles. The average molecular weight is 462 g/mol. The lowest BCUT2D eigenvalue weighted by molar-refractivity contribution is -0.132. The molecule has 0 saturated heterocycles. The molecule has 0 bridgehead atoms. The third kappa shape index (κ3) is 3.88. The van der Waals surface area contributed by atoms with E-state index in [9.17, 15) is 9.59 Å². The Hall–Kier alpha value is -2.20. The number of ether oxygens (including phenoxy) is 1. The van der Waals surface area contributed by atoms with Crippen LogP contribution >= 0.6 is 0 Å². The number of fused-ring (bicyclic) bond motifs is 4. The zero-order valence-corrected chi connectivity index (χ0v) is 21.2. The van der Waals surface area contributed by atoms with Crippen LogP contribution < -0.4 is 4.90 Å². The molecule has 4 aliphatic carbocycles. The molecule has 0 aliphatic heterocycles. The summed E-state index contributed by atoms with van der Waals surface area (Å²) in [7, 11) is 4.15. The molecule has 182 valence electrons. The van der Waals surface area contributed by atoms with Gasteiger partial charge >= 0.3 is 0 Å². The Morgan fingerprint density at radius 2 is 1.85 bits per heavy atom. The smallest absolute Gasteiger partial charge is 0.162 e. The van der Waals surface area contributed by atoms with Gasteiger partial charge in [-0.15, -0.1) is 0 Å². The van der Waals surface area contributed by atoms with E-state index in [-0.39, 0.29) is 23.7 Å². The van der Waals surface area contributed by atoms with Crippen LogP contribution in [-0.2, 0) is 14.3 Å². The van der Waals surface area contributed by atoms with Gasteiger partial charge in [-0.3, -0.25) is 9.59 Å². The Morgan fingerprint density at radius 3 is 2.56 bits per heavy atom. The van der Waals surface area contributed by atoms with Gasteiger partial charge in [0.05, 0.1) is 0 Å². The van der Waals surface area contributed by atoms with E-state index in [1.54, 1.807) is 5.57 Å². The second-order valence-corrected chi connectivity index (χ2v) is 11.3. The normalized spacial score (nSPS) is 32.6. The lowest BCUT2D eigenvalue weighted by Crippen LogP contribution is -2.45. The van der Waals surface area contributed by atoms with Crippen molar-refractivity contribution < 1.29 is 14.3 Å². The van der Waals surface area contributed by atoms with Crippen LogP contribution in [0.15, 0.2) is 47.1 Å². The largest absolute Gasteiger partial charge is 0.378 e. The minimum Gasteiger partial charge on any atom is -0.378 e. The molecule has 1 aromatic rings. The second-order valence-electron chi connectivity index (χ2n) is 11.3. The summed E-state index contributed by atoms with van der Waals surface area (Å²) >= 11 is 0. The Morgan fingerprint density at radius 1 is 1.09 bits per heavy atom. The van der Waals surface area contributed by atoms with Crippen molar-refractivity contribution >= 4 is 17.3 Å². The van der Waals surface area contributed by atoms with Crippen molar-refractivity contribution in [1.29, 1.82) is 0 Å². The van der Waals surface area contributed by atoms with E-state index < -0.39 is 0 Å². The molecular weight excluding hydrogens is 422 g/mol. The van der Waals surface area contributed by atoms with Gasteiger partial charge in [0.25, 0.3) is 0 Å². The molecule has 0 radical (unpaired) electrons. The zero-order valence-electron chi connectivity index (χ0n) is 21.2. The number of hydrogen-bond donors (Lipinski definition) is 0. The summed E-state index contributed by atoms with van der Waals surface area (Å²) in [5.41, 5.74) is 6.93. The van der Waals surface area contributed by atoms with Gasteiger partial charge in [-0.25, -0.2) is 0 Å². The van der Waals surface area contributed by atoms with Crippen molar-refractivity contribution in [3.63, 3.8) is 0 Å². The molecule has 5 rings (SSSR count). The maximum Gasteiger partial charge on any atom is 0.162 e. The highest BCUT2D eigenvalue weighted by Crippen LogP contribution is 2.65. The van der Waals surface area contributed by atoms with Crippen LogP contribution in [0.2, 0.25) is 0 Å². The summed E-state index contributed by atoms with van der Waals surface area (Å²) in [5, 5.41) is 0. The fourth-order valence-electron chi connectivity index (χ4n) is 7.79. The number of hydrogen-bond acceptors (Lipinski definition) is 4. The number of carbonyl (C=O) groups excluding carboxylic acids is 2. The first kappa shape index (κ1) is 23.5. The zero-order chi connectivity index (χ0) is 24.0. The summed E-state index contributed by atoms with van der Waals surface area (Å²) in [6, 6.07) is 9.04. The monoisotopic (exact) mass is 461 g/mol. The van der Waals surface area contributed by atoms with Crippen LogP contribution in [0, 0.1) is 23.2 Å². The van der Waals surface area contributed by atoms with E-state index in [0.29, 0.717) is 36.6 Å². The summed E-state index contributed by atoms with van der Waals surface area (Å²) in [5.74, 6) is 2.04. The van der Waals surface area contributed by atoms with Crippen LogP contribution in [0.4, 0.5) is 5.69 Å². The first-order chi connectivity index (χ1) is 16.3. The number of nitrogens with zero attached hydrogens (tertiary/aromatic N) is 1. The molecule has 0 heterocycles. The van der Waals surface area contributed by atoms with Crippen LogP contribution in [0.25, 0.3) is 0 Å². The number of allylic oxidation sites excluding steroid dienone is 4. The van der Waals surface area contributed by atoms with E-state index in [1.807, 2.05) is 13.0 Å². The van der Waals surface area contributed by atoms with Crippen LogP contribution in [0.3, 0.4) is 0 Å². The van der Waals surface area contributed by atoms with Gasteiger partial charge in [-0.05, 0) is 97.6 Å². The molecule has 4 aliphatic rings. The van der Waals surface area contributed by atoms with Crippen molar-refractivity contribution in [2.45, 2.75) is 64.7 Å². The third-order valence-corrected chi connectivity index (χ3v) is 9.38. The molecule has 0 N–H and O–H groups in total. The molecule has 0 spiro atoms. The van der Waals surface area contributed by atoms with E-state index >= 15 is 0 Å². The quantitative estimate of drug-likeness (QED) is 0.531. The Bertz CT molecular complexity index is 1030. The molecule has 5 unspecified atom stereocenters. The minimum absolute atomic E-state index is 0.000495. The number of ketones is 2. The van der Waals surface area contributed by atoms with Gasteiger partial charge in [-0.1, -0.05) is 24.6 Å². The maximum absolute atomic E-state index is 13.3. The summed E-state index contributed by atoms with van der Waals surface area (Å²) in [6.07, 6.45) is 8.70. The maximum atomic E-state index is 13.3. The fourth-order valence-corrected chi connectivity index (χ4v) is 7.79. The molecule has 4 heteroatoms. The van der Waals surface area contributed by atoms with Gasteiger partial charge in [0, 0.05) is 44.6 Å². The van der Waals surface area contributed by atoms with Crippen molar-refractivity contribution in [3.8, 4) is 0 Å². The lowest BCUT2D eigenvalue weighted by Gasteiger charge is -2.52. The molecule has 34 heavy (non-hydrogen) atoms. The Kier molecular flexibility index (Phi) is 6.31. The van der Waals surface area contributed by atoms with Gasteiger partial charge in [0.15, 0.2) is 11.6 Å². The number of benzene rings is 1. The van der Waals surface area contributed by atoms with Crippen LogP contribution in [-0.4, -0.2) is 38.9 Å². The third-order valence-electron chi connectivity index (χ3n) is 9.38. The Labute approximate surface area is 204 Å². The predicted molar refractivity (Wildman–Crippen MR) is 136 cm³/mol. The molecular formula is C30H39NO3. The summed E-state index contributed by atoms with van der Waals surface area (Å²) in [6.45, 7) is 5.20. The minimum atomic E-state index is -0.000495. The van der Waals surface area contributed by atoms with Crippen molar-refractivity contribution in [2.24, 2.45) is 23.2 Å². The van der Waals surface area contributed by atoms with Gasteiger partial charge in [0.1, 0.15) is 6.61 Å². The van der Waals surface area contributed by atoms with E-state index in [4.69, 9.17) is 4.74 Å². The number of carbonyl (C=O) groups is 2. The first-order valence-electron chi connectivity index (χ1n) is 13.2. The molecule has 0 amide bonds. The highest BCUT2D eigenvalue weighted by Gasteiger charge is 2.58. The number of anilines is 1. The summed E-state index contributed by atoms with van der Waals surface area (Å²) < 4.78 is 5.56. The average Bonchev–Trinajstić information content (AvgIpc) is 3.18. The van der Waals surface area contributed by atoms with E-state index in [2.05, 4.69) is 50.2 Å². The topological polar surface area (TPSA) is 46.6 Å². The molecule has 4 nitrogen and oxygen atoms in total. The summed E-state index contributed by atoms with van der Waals surface area (Å²) in [4.78, 5) is 27.6. The van der Waals surface area contributed by atoms with Crippen molar-refractivity contribution in [1.82, 2.24) is 0 Å². The molecule has 5 atom stereocenters. The SMILES string of the molecule is CCOCC(=O)C1CCC2C3CCC4=CC(=O)CCC4=C3C(c3ccc(N(C)C)cc3)CC12C. The van der Waals surface area contributed by atoms with Crippen LogP contribution in [0.1, 0.15) is 70.3 Å². The predicted octanol–water partition coefficient (Wildman–Crippen LogP) is 5.87. The fraction of sp³-hybridized carbons (Fsp3) is 0.600. The lowest BCUT2D eigenvalue weighted by atomic mass is 9.51. The second kappa shape index (κ2) is 9.11.